The second kappa shape index (κ2) is 13.6. The highest BCUT2D eigenvalue weighted by Crippen LogP contribution is 2.49. The third-order valence-corrected chi connectivity index (χ3v) is 9.62. The quantitative estimate of drug-likeness (QED) is 0.144. The molecule has 0 N–H and O–H groups in total. The van der Waals surface area contributed by atoms with Crippen LogP contribution in [0.5, 0.6) is 0 Å². The topological polar surface area (TPSA) is 73.5 Å². The van der Waals surface area contributed by atoms with Crippen molar-refractivity contribution in [2.75, 3.05) is 18.1 Å². The van der Waals surface area contributed by atoms with Gasteiger partial charge >= 0.3 is 0 Å². The van der Waals surface area contributed by atoms with Crippen LogP contribution < -0.4 is 9.47 Å². The first kappa shape index (κ1) is 31.5. The van der Waals surface area contributed by atoms with Crippen molar-refractivity contribution < 1.29 is 21.7 Å². The van der Waals surface area contributed by atoms with Gasteiger partial charge in [0.2, 0.25) is 15.9 Å². The van der Waals surface area contributed by atoms with E-state index < -0.39 is 10.4 Å². The van der Waals surface area contributed by atoms with E-state index >= 15 is 0 Å². The number of benzene rings is 2. The second-order valence-corrected chi connectivity index (χ2v) is 12.7. The van der Waals surface area contributed by atoms with Crippen LogP contribution >= 0.6 is 69.5 Å². The Kier molecular flexibility index (Phi) is 11.3. The normalized spacial score (nSPS) is 14.7. The van der Waals surface area contributed by atoms with Crippen LogP contribution in [0.1, 0.15) is 39.1 Å². The number of nitrogens with zero attached hydrogens (tertiary/aromatic N) is 2. The molecule has 1 aliphatic rings. The largest absolute Gasteiger partial charge is 0.726 e. The zero-order valence-corrected chi connectivity index (χ0v) is 26.5. The minimum atomic E-state index is -4.42. The van der Waals surface area contributed by atoms with Crippen molar-refractivity contribution >= 4 is 102 Å². The highest BCUT2D eigenvalue weighted by Gasteiger charge is 2.26. The third kappa shape index (κ3) is 7.59. The molecule has 3 aromatic rings. The summed E-state index contributed by atoms with van der Waals surface area (Å²) in [6, 6.07) is 7.81. The molecule has 1 aliphatic heterocycles. The van der Waals surface area contributed by atoms with E-state index in [2.05, 4.69) is 46.6 Å². The fourth-order valence-corrected chi connectivity index (χ4v) is 7.28. The molecule has 0 fully saturated rings. The van der Waals surface area contributed by atoms with Gasteiger partial charge in [-0.25, -0.2) is 8.42 Å². The molecular formula is C25H26Cl4N2O4S3. The van der Waals surface area contributed by atoms with Gasteiger partial charge in [0, 0.05) is 23.6 Å². The van der Waals surface area contributed by atoms with Crippen LogP contribution in [0.2, 0.25) is 20.1 Å². The van der Waals surface area contributed by atoms with Crippen molar-refractivity contribution in [2.24, 2.45) is 0 Å². The number of rotatable bonds is 7. The molecule has 4 rings (SSSR count). The molecule has 38 heavy (non-hydrogen) atoms. The summed E-state index contributed by atoms with van der Waals surface area (Å²) in [5.41, 5.74) is 3.47. The molecule has 2 aromatic carbocycles. The smallest absolute Gasteiger partial charge is 0.263 e. The summed E-state index contributed by atoms with van der Waals surface area (Å²) in [6.07, 6.45) is 5.44. The van der Waals surface area contributed by atoms with E-state index in [4.69, 9.17) is 46.4 Å². The van der Waals surface area contributed by atoms with E-state index in [9.17, 15) is 13.0 Å². The number of halogens is 4. The lowest BCUT2D eigenvalue weighted by molar-refractivity contribution is -0.665. The Hall–Kier alpha value is -1.01. The number of fused-ring (bicyclic) bond motifs is 2. The number of thioether (sulfide) groups is 1. The Morgan fingerprint density at radius 3 is 2.21 bits per heavy atom. The number of thiazole rings is 1. The first-order chi connectivity index (χ1) is 17.9. The van der Waals surface area contributed by atoms with E-state index in [1.54, 1.807) is 23.1 Å². The predicted octanol–water partition coefficient (Wildman–Crippen LogP) is 8.57. The molecular weight excluding hydrogens is 630 g/mol. The average Bonchev–Trinajstić information content (AvgIpc) is 3.34. The highest BCUT2D eigenvalue weighted by molar-refractivity contribution is 8.03. The SMILES string of the molecule is CCC(=Cc1sc2cc(Cl)c(Cl)cc2[n+]1CC)C=C1Sc2cc(Cl)c(Cl)cc2N1CC.CCOS(=O)(=O)[O-]. The van der Waals surface area contributed by atoms with Crippen LogP contribution in [0, 0.1) is 0 Å². The summed E-state index contributed by atoms with van der Waals surface area (Å²) in [7, 11) is -4.42. The Bertz CT molecular complexity index is 1500. The molecule has 0 radical (unpaired) electrons. The van der Waals surface area contributed by atoms with Crippen molar-refractivity contribution in [1.29, 1.82) is 0 Å². The van der Waals surface area contributed by atoms with Gasteiger partial charge in [-0.2, -0.15) is 4.57 Å². The van der Waals surface area contributed by atoms with Crippen LogP contribution in [0.15, 0.2) is 45.8 Å². The molecule has 6 nitrogen and oxygen atoms in total. The van der Waals surface area contributed by atoms with Crippen LogP contribution in [0.4, 0.5) is 5.69 Å². The van der Waals surface area contributed by atoms with Crippen molar-refractivity contribution in [3.05, 3.63) is 66.0 Å². The van der Waals surface area contributed by atoms with Crippen molar-refractivity contribution in [2.45, 2.75) is 45.6 Å². The molecule has 0 bridgehead atoms. The lowest BCUT2D eigenvalue weighted by Gasteiger charge is -2.18. The van der Waals surface area contributed by atoms with E-state index in [-0.39, 0.29) is 6.61 Å². The minimum Gasteiger partial charge on any atom is -0.726 e. The number of allylic oxidation sites excluding steroid dienone is 2. The van der Waals surface area contributed by atoms with Gasteiger partial charge in [-0.15, -0.1) is 0 Å². The van der Waals surface area contributed by atoms with Gasteiger partial charge in [0.1, 0.15) is 11.2 Å². The fraction of sp³-hybridized carbons (Fsp3) is 0.320. The van der Waals surface area contributed by atoms with Crippen molar-refractivity contribution in [1.82, 2.24) is 0 Å². The maximum absolute atomic E-state index is 9.45. The summed E-state index contributed by atoms with van der Waals surface area (Å²) in [6.45, 7) is 9.52. The minimum absolute atomic E-state index is 0.0914. The van der Waals surface area contributed by atoms with Crippen LogP contribution in [0.25, 0.3) is 16.3 Å². The zero-order valence-electron chi connectivity index (χ0n) is 21.1. The summed E-state index contributed by atoms with van der Waals surface area (Å²) < 4.78 is 35.4. The second-order valence-electron chi connectivity index (χ2n) is 7.87. The van der Waals surface area contributed by atoms with Gasteiger partial charge in [0.05, 0.1) is 37.4 Å². The average molecular weight is 657 g/mol. The summed E-state index contributed by atoms with van der Waals surface area (Å²) in [4.78, 5) is 3.41. The number of hydrogen-bond acceptors (Lipinski definition) is 7. The number of aromatic nitrogens is 1. The van der Waals surface area contributed by atoms with Gasteiger partial charge in [0.25, 0.3) is 5.01 Å². The number of hydrogen-bond donors (Lipinski definition) is 0. The van der Waals surface area contributed by atoms with Crippen LogP contribution in [0.3, 0.4) is 0 Å². The highest BCUT2D eigenvalue weighted by atomic mass is 35.5. The van der Waals surface area contributed by atoms with Gasteiger partial charge in [-0.05, 0) is 57.0 Å². The lowest BCUT2D eigenvalue weighted by Crippen LogP contribution is -2.33. The van der Waals surface area contributed by atoms with Crippen molar-refractivity contribution in [3.63, 3.8) is 0 Å². The number of aryl methyl sites for hydroxylation is 1. The van der Waals surface area contributed by atoms with E-state index in [0.717, 1.165) is 40.3 Å². The first-order valence-corrected chi connectivity index (χ1v) is 16.2. The van der Waals surface area contributed by atoms with E-state index in [1.165, 1.54) is 22.5 Å². The molecule has 0 saturated heterocycles. The van der Waals surface area contributed by atoms with Gasteiger partial charge in [-0.3, -0.25) is 4.18 Å². The summed E-state index contributed by atoms with van der Waals surface area (Å²) >= 11 is 28.5. The van der Waals surface area contributed by atoms with E-state index in [1.807, 2.05) is 24.3 Å². The molecule has 13 heteroatoms. The van der Waals surface area contributed by atoms with E-state index in [0.29, 0.717) is 20.1 Å². The fourth-order valence-electron chi connectivity index (χ4n) is 3.77. The molecule has 0 unspecified atom stereocenters. The number of anilines is 1. The monoisotopic (exact) mass is 654 g/mol. The molecule has 0 saturated carbocycles. The standard InChI is InChI=1S/C23H21Cl4N2S2.C2H6O4S/c1-4-13(7-22-28(5-2)18-9-14(24)16(26)11-20(18)30-22)8-23-29(6-3)19-10-15(25)17(27)12-21(19)31-23;1-2-6-7(3,4)5/h7-12H,4-6H2,1-3H3;2H2,1H3,(H,3,4,5)/q+1;/p-1. The molecule has 0 aliphatic carbocycles. The molecule has 1 aromatic heterocycles. The Morgan fingerprint density at radius 1 is 1.03 bits per heavy atom. The Balaban J connectivity index is 0.000000505. The predicted molar refractivity (Wildman–Crippen MR) is 161 cm³/mol. The van der Waals surface area contributed by atoms with Gasteiger partial charge < -0.3 is 9.45 Å². The lowest BCUT2D eigenvalue weighted by atomic mass is 10.2. The first-order valence-electron chi connectivity index (χ1n) is 11.7. The summed E-state index contributed by atoms with van der Waals surface area (Å²) in [5, 5.41) is 4.70. The molecule has 0 spiro atoms. The molecule has 0 amide bonds. The Morgan fingerprint density at radius 2 is 1.66 bits per heavy atom. The van der Waals surface area contributed by atoms with Crippen LogP contribution in [-0.2, 0) is 21.1 Å². The Labute approximate surface area is 251 Å². The molecule has 206 valence electrons. The third-order valence-electron chi connectivity index (χ3n) is 5.47. The molecule has 2 heterocycles. The van der Waals surface area contributed by atoms with Gasteiger partial charge in [0.15, 0.2) is 0 Å². The maximum Gasteiger partial charge on any atom is 0.263 e. The summed E-state index contributed by atoms with van der Waals surface area (Å²) in [5.74, 6) is 0. The van der Waals surface area contributed by atoms with Gasteiger partial charge in [-0.1, -0.05) is 76.4 Å². The zero-order chi connectivity index (χ0) is 28.2. The molecule has 0 atom stereocenters. The van der Waals surface area contributed by atoms with Crippen molar-refractivity contribution in [3.8, 4) is 0 Å². The van der Waals surface area contributed by atoms with Crippen LogP contribution in [-0.4, -0.2) is 26.1 Å². The maximum atomic E-state index is 9.45.